The molecule has 2 unspecified atom stereocenters. The van der Waals surface area contributed by atoms with Crippen LogP contribution in [0.15, 0.2) is 4.99 Å². The smallest absolute Gasteiger partial charge is 0.241 e. The molecule has 0 saturated carbocycles. The number of guanidine groups is 1. The molecule has 0 bridgehead atoms. The summed E-state index contributed by atoms with van der Waals surface area (Å²) in [4.78, 5) is 20.8. The molecule has 0 aromatic rings. The Bertz CT molecular complexity index is 445. The highest BCUT2D eigenvalue weighted by molar-refractivity contribution is 5.86. The second-order valence-electron chi connectivity index (χ2n) is 6.75. The zero-order chi connectivity index (χ0) is 16.8. The quantitative estimate of drug-likeness (QED) is 0.598. The average Bonchev–Trinajstić information content (AvgIpc) is 3.18. The van der Waals surface area contributed by atoms with E-state index in [0.29, 0.717) is 13.2 Å². The van der Waals surface area contributed by atoms with Crippen molar-refractivity contribution in [2.24, 2.45) is 4.99 Å². The summed E-state index contributed by atoms with van der Waals surface area (Å²) in [7, 11) is 1.77. The first-order valence-electron chi connectivity index (χ1n) is 9.24. The molecule has 0 radical (unpaired) electrons. The molecule has 24 heavy (non-hydrogen) atoms. The molecule has 1 N–H and O–H groups in total. The summed E-state index contributed by atoms with van der Waals surface area (Å²) >= 11 is 0. The van der Waals surface area contributed by atoms with Gasteiger partial charge in [-0.1, -0.05) is 0 Å². The molecule has 136 valence electrons. The predicted molar refractivity (Wildman–Crippen MR) is 92.1 cm³/mol. The van der Waals surface area contributed by atoms with Gasteiger partial charge in [-0.05, 0) is 32.1 Å². The highest BCUT2D eigenvalue weighted by atomic mass is 16.5. The topological polar surface area (TPSA) is 66.4 Å². The summed E-state index contributed by atoms with van der Waals surface area (Å²) in [5.74, 6) is 0.950. The lowest BCUT2D eigenvalue weighted by atomic mass is 10.1. The Morgan fingerprint density at radius 3 is 2.54 bits per heavy atom. The Hall–Kier alpha value is -1.34. The van der Waals surface area contributed by atoms with Gasteiger partial charge in [0.25, 0.3) is 0 Å². The van der Waals surface area contributed by atoms with E-state index in [9.17, 15) is 4.79 Å². The fourth-order valence-corrected chi connectivity index (χ4v) is 3.73. The van der Waals surface area contributed by atoms with Gasteiger partial charge in [0, 0.05) is 39.8 Å². The van der Waals surface area contributed by atoms with Crippen LogP contribution < -0.4 is 5.32 Å². The van der Waals surface area contributed by atoms with E-state index < -0.39 is 0 Å². The highest BCUT2D eigenvalue weighted by Gasteiger charge is 2.32. The third kappa shape index (κ3) is 4.39. The van der Waals surface area contributed by atoms with Crippen LogP contribution in [-0.4, -0.2) is 86.9 Å². The first-order valence-corrected chi connectivity index (χ1v) is 9.24. The van der Waals surface area contributed by atoms with Crippen molar-refractivity contribution in [1.29, 1.82) is 0 Å². The fourth-order valence-electron chi connectivity index (χ4n) is 3.73. The van der Waals surface area contributed by atoms with E-state index in [-0.39, 0.29) is 18.1 Å². The van der Waals surface area contributed by atoms with Crippen molar-refractivity contribution in [3.63, 3.8) is 0 Å². The van der Waals surface area contributed by atoms with Crippen LogP contribution in [0.25, 0.3) is 0 Å². The Morgan fingerprint density at radius 2 is 1.83 bits per heavy atom. The standard InChI is InChI=1S/C17H30N4O3/c1-18-17(19-12-16(22)20-7-3-2-4-8-20)21-9-11-24-15(13-21)14-6-5-10-23-14/h14-15H,2-13H2,1H3,(H,18,19). The number of aliphatic imine (C=N–C) groups is 1. The van der Waals surface area contributed by atoms with E-state index in [2.05, 4.69) is 15.2 Å². The number of piperidine rings is 1. The van der Waals surface area contributed by atoms with Gasteiger partial charge in [-0.3, -0.25) is 9.79 Å². The lowest BCUT2D eigenvalue weighted by molar-refractivity contribution is -0.130. The zero-order valence-corrected chi connectivity index (χ0v) is 14.7. The number of nitrogens with one attached hydrogen (secondary N) is 1. The SMILES string of the molecule is CN=C(NCC(=O)N1CCCCC1)N1CCOC(C2CCCO2)C1. The molecule has 1 amide bonds. The summed E-state index contributed by atoms with van der Waals surface area (Å²) in [5, 5.41) is 3.24. The molecule has 0 aromatic heterocycles. The maximum absolute atomic E-state index is 12.3. The third-order valence-electron chi connectivity index (χ3n) is 5.09. The number of hydrogen-bond donors (Lipinski definition) is 1. The number of hydrogen-bond acceptors (Lipinski definition) is 4. The van der Waals surface area contributed by atoms with Gasteiger partial charge in [-0.15, -0.1) is 0 Å². The molecule has 3 aliphatic heterocycles. The molecule has 3 heterocycles. The number of nitrogens with zero attached hydrogens (tertiary/aromatic N) is 3. The molecule has 0 aromatic carbocycles. The number of carbonyl (C=O) groups excluding carboxylic acids is 1. The molecule has 2 atom stereocenters. The van der Waals surface area contributed by atoms with Gasteiger partial charge in [0.1, 0.15) is 6.10 Å². The van der Waals surface area contributed by atoms with Crippen LogP contribution in [0.1, 0.15) is 32.1 Å². The maximum Gasteiger partial charge on any atom is 0.241 e. The molecule has 3 rings (SSSR count). The molecule has 3 saturated heterocycles. The fraction of sp³-hybridized carbons (Fsp3) is 0.882. The van der Waals surface area contributed by atoms with Gasteiger partial charge >= 0.3 is 0 Å². The second-order valence-corrected chi connectivity index (χ2v) is 6.75. The van der Waals surface area contributed by atoms with Crippen LogP contribution in [0, 0.1) is 0 Å². The minimum atomic E-state index is 0.0950. The third-order valence-corrected chi connectivity index (χ3v) is 5.09. The van der Waals surface area contributed by atoms with Crippen LogP contribution in [0.2, 0.25) is 0 Å². The van der Waals surface area contributed by atoms with E-state index in [0.717, 1.165) is 64.4 Å². The van der Waals surface area contributed by atoms with Crippen molar-refractivity contribution in [2.75, 3.05) is 53.0 Å². The molecule has 0 aliphatic carbocycles. The van der Waals surface area contributed by atoms with Crippen molar-refractivity contribution >= 4 is 11.9 Å². The first kappa shape index (κ1) is 17.5. The number of carbonyl (C=O) groups is 1. The monoisotopic (exact) mass is 338 g/mol. The Morgan fingerprint density at radius 1 is 1.04 bits per heavy atom. The number of ether oxygens (including phenoxy) is 2. The molecule has 3 fully saturated rings. The van der Waals surface area contributed by atoms with Gasteiger partial charge < -0.3 is 24.6 Å². The van der Waals surface area contributed by atoms with Crippen LogP contribution >= 0.6 is 0 Å². The van der Waals surface area contributed by atoms with Crippen molar-refractivity contribution in [1.82, 2.24) is 15.1 Å². The van der Waals surface area contributed by atoms with Crippen molar-refractivity contribution in [2.45, 2.75) is 44.3 Å². The molecule has 3 aliphatic rings. The summed E-state index contributed by atoms with van der Waals surface area (Å²) in [6, 6.07) is 0. The van der Waals surface area contributed by atoms with Gasteiger partial charge in [0.15, 0.2) is 5.96 Å². The van der Waals surface area contributed by atoms with Crippen LogP contribution in [0.4, 0.5) is 0 Å². The highest BCUT2D eigenvalue weighted by Crippen LogP contribution is 2.21. The van der Waals surface area contributed by atoms with E-state index in [1.54, 1.807) is 7.05 Å². The minimum Gasteiger partial charge on any atom is -0.375 e. The lowest BCUT2D eigenvalue weighted by Gasteiger charge is -2.37. The van der Waals surface area contributed by atoms with E-state index in [4.69, 9.17) is 9.47 Å². The van der Waals surface area contributed by atoms with Crippen molar-refractivity contribution < 1.29 is 14.3 Å². The van der Waals surface area contributed by atoms with Crippen molar-refractivity contribution in [3.05, 3.63) is 0 Å². The average molecular weight is 338 g/mol. The number of amides is 1. The Labute approximate surface area is 144 Å². The zero-order valence-electron chi connectivity index (χ0n) is 14.7. The molecule has 7 nitrogen and oxygen atoms in total. The lowest BCUT2D eigenvalue weighted by Crippen LogP contribution is -2.54. The van der Waals surface area contributed by atoms with Gasteiger partial charge in [-0.2, -0.15) is 0 Å². The van der Waals surface area contributed by atoms with Crippen LogP contribution in [-0.2, 0) is 14.3 Å². The maximum atomic E-state index is 12.3. The predicted octanol–water partition coefficient (Wildman–Crippen LogP) is 0.454. The minimum absolute atomic E-state index is 0.0950. The summed E-state index contributed by atoms with van der Waals surface area (Å²) in [6.07, 6.45) is 5.94. The molecular weight excluding hydrogens is 308 g/mol. The first-order chi connectivity index (χ1) is 11.8. The van der Waals surface area contributed by atoms with E-state index in [1.807, 2.05) is 4.90 Å². The normalized spacial score (nSPS) is 29.0. The van der Waals surface area contributed by atoms with Crippen LogP contribution in [0.5, 0.6) is 0 Å². The van der Waals surface area contributed by atoms with Crippen molar-refractivity contribution in [3.8, 4) is 0 Å². The second kappa shape index (κ2) is 8.67. The summed E-state index contributed by atoms with van der Waals surface area (Å²) in [6.45, 7) is 5.15. The van der Waals surface area contributed by atoms with Crippen LogP contribution in [0.3, 0.4) is 0 Å². The van der Waals surface area contributed by atoms with E-state index in [1.165, 1.54) is 6.42 Å². The Balaban J connectivity index is 1.48. The van der Waals surface area contributed by atoms with Gasteiger partial charge in [0.05, 0.1) is 19.3 Å². The number of rotatable bonds is 3. The molecule has 0 spiro atoms. The molecule has 7 heteroatoms. The number of morpholine rings is 1. The van der Waals surface area contributed by atoms with Gasteiger partial charge in [0.2, 0.25) is 5.91 Å². The van der Waals surface area contributed by atoms with Gasteiger partial charge in [-0.25, -0.2) is 0 Å². The summed E-state index contributed by atoms with van der Waals surface area (Å²) < 4.78 is 11.6. The largest absolute Gasteiger partial charge is 0.375 e. The Kier molecular flexibility index (Phi) is 6.31. The summed E-state index contributed by atoms with van der Waals surface area (Å²) in [5.41, 5.74) is 0. The molecular formula is C17H30N4O3. The number of likely N-dealkylation sites (tertiary alicyclic amines) is 1. The van der Waals surface area contributed by atoms with E-state index >= 15 is 0 Å².